The summed E-state index contributed by atoms with van der Waals surface area (Å²) in [5.41, 5.74) is 1.16. The van der Waals surface area contributed by atoms with Crippen LogP contribution >= 0.6 is 0 Å². The van der Waals surface area contributed by atoms with Crippen molar-refractivity contribution < 1.29 is 9.47 Å². The summed E-state index contributed by atoms with van der Waals surface area (Å²) in [6.45, 7) is 0.920. The Balaban J connectivity index is 2.11. The quantitative estimate of drug-likeness (QED) is 0.773. The maximum absolute atomic E-state index is 5.45. The average molecular weight is 250 g/mol. The van der Waals surface area contributed by atoms with Crippen molar-refractivity contribution in [2.75, 3.05) is 27.8 Å². The molecule has 0 bridgehead atoms. The summed E-state index contributed by atoms with van der Waals surface area (Å²) in [6.07, 6.45) is 2.60. The van der Waals surface area contributed by atoms with E-state index in [1.165, 1.54) is 12.8 Å². The molecule has 4 heteroatoms. The normalized spacial score (nSPS) is 16.4. The van der Waals surface area contributed by atoms with E-state index in [4.69, 9.17) is 9.47 Å². The van der Waals surface area contributed by atoms with Crippen molar-refractivity contribution in [2.24, 2.45) is 0 Å². The van der Waals surface area contributed by atoms with Gasteiger partial charge in [0.05, 0.1) is 14.2 Å². The van der Waals surface area contributed by atoms with Gasteiger partial charge in [-0.15, -0.1) is 0 Å². The van der Waals surface area contributed by atoms with E-state index in [-0.39, 0.29) is 6.04 Å². The minimum absolute atomic E-state index is 0.256. The van der Waals surface area contributed by atoms with Gasteiger partial charge in [-0.25, -0.2) is 0 Å². The van der Waals surface area contributed by atoms with Crippen LogP contribution in [-0.2, 0) is 0 Å². The Morgan fingerprint density at radius 3 is 2.61 bits per heavy atom. The van der Waals surface area contributed by atoms with Gasteiger partial charge in [-0.1, -0.05) is 6.07 Å². The zero-order chi connectivity index (χ0) is 13.0. The summed E-state index contributed by atoms with van der Waals surface area (Å²) >= 11 is 0. The second kappa shape index (κ2) is 6.07. The second-order valence-corrected chi connectivity index (χ2v) is 4.63. The molecular weight excluding hydrogens is 228 g/mol. The summed E-state index contributed by atoms with van der Waals surface area (Å²) in [7, 11) is 5.33. The molecule has 18 heavy (non-hydrogen) atoms. The first kappa shape index (κ1) is 13.2. The summed E-state index contributed by atoms with van der Waals surface area (Å²) in [4.78, 5) is 0. The van der Waals surface area contributed by atoms with Crippen molar-refractivity contribution >= 4 is 0 Å². The second-order valence-electron chi connectivity index (χ2n) is 4.63. The Labute approximate surface area is 109 Å². The molecule has 0 aliphatic heterocycles. The van der Waals surface area contributed by atoms with Crippen LogP contribution in [0.2, 0.25) is 0 Å². The first-order valence-corrected chi connectivity index (χ1v) is 6.41. The van der Waals surface area contributed by atoms with E-state index < -0.39 is 0 Å². The molecule has 4 nitrogen and oxygen atoms in total. The van der Waals surface area contributed by atoms with Gasteiger partial charge >= 0.3 is 0 Å². The smallest absolute Gasteiger partial charge is 0.127 e. The van der Waals surface area contributed by atoms with Crippen molar-refractivity contribution in [1.29, 1.82) is 0 Å². The first-order chi connectivity index (χ1) is 8.78. The molecule has 100 valence electrons. The number of nitrogens with one attached hydrogen (secondary N) is 2. The number of methoxy groups -OCH3 is 2. The Hall–Kier alpha value is -1.26. The van der Waals surface area contributed by atoms with E-state index >= 15 is 0 Å². The van der Waals surface area contributed by atoms with Crippen LogP contribution in [0.4, 0.5) is 0 Å². The monoisotopic (exact) mass is 250 g/mol. The van der Waals surface area contributed by atoms with Crippen molar-refractivity contribution in [1.82, 2.24) is 10.6 Å². The molecule has 0 amide bonds. The van der Waals surface area contributed by atoms with Crippen LogP contribution in [0.1, 0.15) is 24.4 Å². The lowest BCUT2D eigenvalue weighted by atomic mass is 10.1. The fourth-order valence-corrected chi connectivity index (χ4v) is 2.05. The summed E-state index contributed by atoms with van der Waals surface area (Å²) in [5.74, 6) is 1.69. The van der Waals surface area contributed by atoms with Crippen molar-refractivity contribution in [3.8, 4) is 11.5 Å². The lowest BCUT2D eigenvalue weighted by Gasteiger charge is -2.20. The topological polar surface area (TPSA) is 42.5 Å². The third-order valence-corrected chi connectivity index (χ3v) is 3.35. The number of ether oxygens (including phenoxy) is 2. The lowest BCUT2D eigenvalue weighted by Crippen LogP contribution is -2.31. The Kier molecular flexibility index (Phi) is 4.44. The molecule has 0 aromatic heterocycles. The highest BCUT2D eigenvalue weighted by atomic mass is 16.5. The highest BCUT2D eigenvalue weighted by Crippen LogP contribution is 2.29. The van der Waals surface area contributed by atoms with Gasteiger partial charge < -0.3 is 20.1 Å². The van der Waals surface area contributed by atoms with Crippen LogP contribution in [0.25, 0.3) is 0 Å². The number of hydrogen-bond donors (Lipinski definition) is 2. The van der Waals surface area contributed by atoms with Gasteiger partial charge in [-0.3, -0.25) is 0 Å². The Morgan fingerprint density at radius 2 is 2.06 bits per heavy atom. The van der Waals surface area contributed by atoms with Gasteiger partial charge in [0.15, 0.2) is 0 Å². The molecule has 1 atom stereocenters. The molecule has 1 aliphatic carbocycles. The van der Waals surface area contributed by atoms with Crippen LogP contribution < -0.4 is 20.1 Å². The fraction of sp³-hybridized carbons (Fsp3) is 0.571. The summed E-state index contributed by atoms with van der Waals surface area (Å²) in [6, 6.07) is 6.93. The van der Waals surface area contributed by atoms with E-state index in [9.17, 15) is 0 Å². The number of rotatable bonds is 7. The number of likely N-dealkylation sites (N-methyl/N-ethyl adjacent to an activating group) is 1. The summed E-state index contributed by atoms with van der Waals surface area (Å²) < 4.78 is 10.7. The predicted octanol–water partition coefficient (Wildman–Crippen LogP) is 1.72. The van der Waals surface area contributed by atoms with E-state index in [1.54, 1.807) is 14.2 Å². The first-order valence-electron chi connectivity index (χ1n) is 6.41. The van der Waals surface area contributed by atoms with Crippen LogP contribution in [0, 0.1) is 0 Å². The standard InChI is InChI=1S/C14H22N2O2/c1-15-13(9-16-10-4-5-10)12-7-6-11(17-2)8-14(12)18-3/h6-8,10,13,15-16H,4-5,9H2,1-3H3. The fourth-order valence-electron chi connectivity index (χ4n) is 2.05. The molecule has 1 aliphatic rings. The molecule has 2 rings (SSSR count). The molecule has 2 N–H and O–H groups in total. The highest BCUT2D eigenvalue weighted by Gasteiger charge is 2.23. The minimum Gasteiger partial charge on any atom is -0.497 e. The number of benzene rings is 1. The minimum atomic E-state index is 0.256. The molecule has 0 radical (unpaired) electrons. The van der Waals surface area contributed by atoms with Crippen LogP contribution in [0.3, 0.4) is 0 Å². The average Bonchev–Trinajstić information content (AvgIpc) is 3.23. The maximum atomic E-state index is 5.45. The van der Waals surface area contributed by atoms with Crippen molar-refractivity contribution in [3.63, 3.8) is 0 Å². The molecule has 1 saturated carbocycles. The highest BCUT2D eigenvalue weighted by molar-refractivity contribution is 5.42. The van der Waals surface area contributed by atoms with Crippen LogP contribution in [-0.4, -0.2) is 33.9 Å². The molecular formula is C14H22N2O2. The van der Waals surface area contributed by atoms with Gasteiger partial charge in [0.25, 0.3) is 0 Å². The van der Waals surface area contributed by atoms with Crippen LogP contribution in [0.15, 0.2) is 18.2 Å². The van der Waals surface area contributed by atoms with E-state index in [1.807, 2.05) is 19.2 Å². The van der Waals surface area contributed by atoms with Crippen molar-refractivity contribution in [3.05, 3.63) is 23.8 Å². The Bertz CT molecular complexity index is 391. The zero-order valence-electron chi connectivity index (χ0n) is 11.3. The van der Waals surface area contributed by atoms with Gasteiger partial charge in [-0.2, -0.15) is 0 Å². The molecule has 0 saturated heterocycles. The summed E-state index contributed by atoms with van der Waals surface area (Å²) in [5, 5.41) is 6.87. The lowest BCUT2D eigenvalue weighted by molar-refractivity contribution is 0.384. The van der Waals surface area contributed by atoms with E-state index in [0.717, 1.165) is 23.6 Å². The molecule has 0 heterocycles. The van der Waals surface area contributed by atoms with E-state index in [2.05, 4.69) is 16.7 Å². The molecule has 1 aromatic carbocycles. The van der Waals surface area contributed by atoms with Gasteiger partial charge in [-0.05, 0) is 26.0 Å². The Morgan fingerprint density at radius 1 is 1.28 bits per heavy atom. The van der Waals surface area contributed by atoms with Gasteiger partial charge in [0.2, 0.25) is 0 Å². The number of hydrogen-bond acceptors (Lipinski definition) is 4. The van der Waals surface area contributed by atoms with Gasteiger partial charge in [0.1, 0.15) is 11.5 Å². The third kappa shape index (κ3) is 3.15. The van der Waals surface area contributed by atoms with Crippen LogP contribution in [0.5, 0.6) is 11.5 Å². The van der Waals surface area contributed by atoms with Gasteiger partial charge in [0, 0.05) is 30.3 Å². The maximum Gasteiger partial charge on any atom is 0.127 e. The van der Waals surface area contributed by atoms with E-state index in [0.29, 0.717) is 6.04 Å². The zero-order valence-corrected chi connectivity index (χ0v) is 11.3. The molecule has 1 fully saturated rings. The third-order valence-electron chi connectivity index (χ3n) is 3.35. The molecule has 1 unspecified atom stereocenters. The SMILES string of the molecule is CNC(CNC1CC1)c1ccc(OC)cc1OC. The molecule has 1 aromatic rings. The molecule has 0 spiro atoms. The largest absolute Gasteiger partial charge is 0.497 e. The predicted molar refractivity (Wildman–Crippen MR) is 72.4 cm³/mol. The van der Waals surface area contributed by atoms with Crippen molar-refractivity contribution in [2.45, 2.75) is 24.9 Å².